The fourth-order valence-corrected chi connectivity index (χ4v) is 4.73. The molecule has 1 amide bonds. The molecular weight excluding hydrogens is 408 g/mol. The normalized spacial score (nSPS) is 21.5. The molecule has 0 spiro atoms. The molecule has 3 atom stereocenters. The number of hydrogen-bond acceptors (Lipinski definition) is 6. The van der Waals surface area contributed by atoms with E-state index in [9.17, 15) is 9.59 Å². The average Bonchev–Trinajstić information content (AvgIpc) is 2.77. The molecule has 32 heavy (non-hydrogen) atoms. The number of carbonyl (C=O) groups is 2. The molecule has 0 radical (unpaired) electrons. The Kier molecular flexibility index (Phi) is 6.17. The van der Waals surface area contributed by atoms with Gasteiger partial charge in [-0.2, -0.15) is 0 Å². The van der Waals surface area contributed by atoms with Gasteiger partial charge in [0.25, 0.3) is 0 Å². The monoisotopic (exact) mass is 436 g/mol. The zero-order chi connectivity index (χ0) is 22.8. The summed E-state index contributed by atoms with van der Waals surface area (Å²) in [6, 6.07) is 11.8. The summed E-state index contributed by atoms with van der Waals surface area (Å²) < 4.78 is 16.7. The molecule has 3 unspecified atom stereocenters. The Labute approximate surface area is 187 Å². The number of rotatable bonds is 5. The number of methoxy groups -OCH3 is 2. The van der Waals surface area contributed by atoms with Crippen LogP contribution < -0.4 is 14.8 Å². The van der Waals surface area contributed by atoms with Gasteiger partial charge in [-0.1, -0.05) is 12.1 Å². The first kappa shape index (κ1) is 21.9. The predicted octanol–water partition coefficient (Wildman–Crippen LogP) is 4.08. The van der Waals surface area contributed by atoms with Crippen molar-refractivity contribution in [3.8, 4) is 11.5 Å². The summed E-state index contributed by atoms with van der Waals surface area (Å²) in [5, 5.41) is 2.80. The first-order valence-electron chi connectivity index (χ1n) is 10.8. The van der Waals surface area contributed by atoms with Crippen molar-refractivity contribution in [2.45, 2.75) is 51.2 Å². The average molecular weight is 437 g/mol. The Hall–Kier alpha value is -3.35. The fourth-order valence-electron chi connectivity index (χ4n) is 4.73. The van der Waals surface area contributed by atoms with Crippen LogP contribution in [0.4, 0.5) is 5.69 Å². The number of hydrogen-bond donors (Lipinski definition) is 1. The Morgan fingerprint density at radius 1 is 1.00 bits per heavy atom. The van der Waals surface area contributed by atoms with Crippen LogP contribution in [0.15, 0.2) is 41.4 Å². The van der Waals surface area contributed by atoms with Crippen molar-refractivity contribution < 1.29 is 23.8 Å². The van der Waals surface area contributed by atoms with Crippen LogP contribution in [-0.4, -0.2) is 44.0 Å². The smallest absolute Gasteiger partial charge is 0.302 e. The van der Waals surface area contributed by atoms with E-state index in [0.29, 0.717) is 11.5 Å². The second kappa shape index (κ2) is 9.02. The van der Waals surface area contributed by atoms with Crippen molar-refractivity contribution in [1.29, 1.82) is 0 Å². The molecule has 2 aromatic rings. The summed E-state index contributed by atoms with van der Waals surface area (Å²) in [6.45, 7) is 2.94. The number of fused-ring (bicyclic) bond motifs is 3. The van der Waals surface area contributed by atoms with Gasteiger partial charge >= 0.3 is 5.97 Å². The van der Waals surface area contributed by atoms with Gasteiger partial charge < -0.3 is 19.5 Å². The molecule has 1 heterocycles. The van der Waals surface area contributed by atoms with E-state index in [1.54, 1.807) is 14.2 Å². The maximum atomic E-state index is 11.5. The van der Waals surface area contributed by atoms with Gasteiger partial charge in [0.1, 0.15) is 6.10 Å². The van der Waals surface area contributed by atoms with E-state index >= 15 is 0 Å². The van der Waals surface area contributed by atoms with E-state index in [-0.39, 0.29) is 29.9 Å². The number of nitrogens with zero attached hydrogens (tertiary/aromatic N) is 1. The van der Waals surface area contributed by atoms with E-state index < -0.39 is 0 Å². The number of amides is 1. The quantitative estimate of drug-likeness (QED) is 0.714. The van der Waals surface area contributed by atoms with Crippen molar-refractivity contribution in [3.63, 3.8) is 0 Å². The summed E-state index contributed by atoms with van der Waals surface area (Å²) in [4.78, 5) is 28.0. The molecule has 4 rings (SSSR count). The van der Waals surface area contributed by atoms with Gasteiger partial charge in [-0.25, -0.2) is 0 Å². The largest absolute Gasteiger partial charge is 0.493 e. The highest BCUT2D eigenvalue weighted by Gasteiger charge is 2.38. The minimum atomic E-state index is -0.250. The van der Waals surface area contributed by atoms with Gasteiger partial charge in [0.05, 0.1) is 26.0 Å². The molecule has 0 saturated heterocycles. The number of esters is 1. The third kappa shape index (κ3) is 4.33. The van der Waals surface area contributed by atoms with Crippen LogP contribution >= 0.6 is 0 Å². The van der Waals surface area contributed by atoms with Gasteiger partial charge in [0.2, 0.25) is 5.91 Å². The summed E-state index contributed by atoms with van der Waals surface area (Å²) in [5.41, 5.74) is 4.71. The molecule has 168 valence electrons. The first-order chi connectivity index (χ1) is 15.4. The Balaban J connectivity index is 1.77. The van der Waals surface area contributed by atoms with E-state index in [4.69, 9.17) is 19.2 Å². The van der Waals surface area contributed by atoms with Crippen LogP contribution in [0, 0.1) is 0 Å². The second-order valence-electron chi connectivity index (χ2n) is 8.25. The maximum absolute atomic E-state index is 11.5. The second-order valence-corrected chi connectivity index (χ2v) is 8.25. The van der Waals surface area contributed by atoms with E-state index in [1.165, 1.54) is 13.8 Å². The predicted molar refractivity (Wildman–Crippen MR) is 122 cm³/mol. The van der Waals surface area contributed by atoms with Crippen molar-refractivity contribution in [2.75, 3.05) is 19.5 Å². The number of anilines is 1. The molecular formula is C25H28N2O5. The highest BCUT2D eigenvalue weighted by molar-refractivity contribution is 6.15. The van der Waals surface area contributed by atoms with Gasteiger partial charge in [0, 0.05) is 36.6 Å². The maximum Gasteiger partial charge on any atom is 0.302 e. The van der Waals surface area contributed by atoms with Crippen LogP contribution in [0.3, 0.4) is 0 Å². The molecule has 1 saturated carbocycles. The van der Waals surface area contributed by atoms with Crippen molar-refractivity contribution in [1.82, 2.24) is 0 Å². The standard InChI is InChI=1S/C25H28N2O5/c1-14(28)26-17-7-5-16(6-8-17)25-21-13-24(31-4)23(30-3)12-19(21)20-11-18(32-15(2)29)9-10-22(20)27-25/h5-8,12-13,18,20,22H,9-11H2,1-4H3,(H,26,28). The molecule has 1 fully saturated rings. The van der Waals surface area contributed by atoms with Gasteiger partial charge in [-0.15, -0.1) is 0 Å². The van der Waals surface area contributed by atoms with E-state index in [0.717, 1.165) is 47.4 Å². The summed E-state index contributed by atoms with van der Waals surface area (Å²) in [5.74, 6) is 1.08. The lowest BCUT2D eigenvalue weighted by atomic mass is 9.74. The molecule has 0 bridgehead atoms. The Morgan fingerprint density at radius 2 is 1.69 bits per heavy atom. The molecule has 1 aliphatic heterocycles. The Bertz CT molecular complexity index is 1060. The Morgan fingerprint density at radius 3 is 2.31 bits per heavy atom. The van der Waals surface area contributed by atoms with Crippen molar-refractivity contribution in [2.24, 2.45) is 4.99 Å². The molecule has 0 aromatic heterocycles. The molecule has 2 aromatic carbocycles. The first-order valence-corrected chi connectivity index (χ1v) is 10.8. The number of ether oxygens (including phenoxy) is 3. The third-order valence-electron chi connectivity index (χ3n) is 6.08. The summed E-state index contributed by atoms with van der Waals surface area (Å²) >= 11 is 0. The topological polar surface area (TPSA) is 86.2 Å². The zero-order valence-corrected chi connectivity index (χ0v) is 18.8. The fraction of sp³-hybridized carbons (Fsp3) is 0.400. The van der Waals surface area contributed by atoms with Gasteiger partial charge in [-0.3, -0.25) is 14.6 Å². The SMILES string of the molecule is COc1cc2c(cc1OC)C1CC(OC(C)=O)CCC1N=C2c1ccc(NC(C)=O)cc1. The van der Waals surface area contributed by atoms with Crippen LogP contribution in [0.2, 0.25) is 0 Å². The number of carbonyl (C=O) groups excluding carboxylic acids is 2. The lowest BCUT2D eigenvalue weighted by Gasteiger charge is -2.38. The molecule has 1 N–H and O–H groups in total. The van der Waals surface area contributed by atoms with Crippen LogP contribution in [0.5, 0.6) is 11.5 Å². The van der Waals surface area contributed by atoms with Crippen LogP contribution in [0.25, 0.3) is 0 Å². The molecule has 2 aliphatic rings. The van der Waals surface area contributed by atoms with E-state index in [1.807, 2.05) is 36.4 Å². The molecule has 7 heteroatoms. The molecule has 1 aliphatic carbocycles. The molecule has 7 nitrogen and oxygen atoms in total. The van der Waals surface area contributed by atoms with Crippen molar-refractivity contribution >= 4 is 23.3 Å². The summed E-state index contributed by atoms with van der Waals surface area (Å²) in [6.07, 6.45) is 2.25. The highest BCUT2D eigenvalue weighted by atomic mass is 16.5. The zero-order valence-electron chi connectivity index (χ0n) is 18.8. The number of aliphatic imine (C=N–C) groups is 1. The van der Waals surface area contributed by atoms with Crippen LogP contribution in [0.1, 0.15) is 55.7 Å². The number of benzene rings is 2. The highest BCUT2D eigenvalue weighted by Crippen LogP contribution is 2.45. The summed E-state index contributed by atoms with van der Waals surface area (Å²) in [7, 11) is 3.25. The van der Waals surface area contributed by atoms with Gasteiger partial charge in [0.15, 0.2) is 11.5 Å². The van der Waals surface area contributed by atoms with E-state index in [2.05, 4.69) is 5.32 Å². The lowest BCUT2D eigenvalue weighted by molar-refractivity contribution is -0.148. The lowest BCUT2D eigenvalue weighted by Crippen LogP contribution is -2.36. The van der Waals surface area contributed by atoms with Crippen molar-refractivity contribution in [3.05, 3.63) is 53.1 Å². The van der Waals surface area contributed by atoms with Gasteiger partial charge in [-0.05, 0) is 49.1 Å². The minimum absolute atomic E-state index is 0.0948. The van der Waals surface area contributed by atoms with Crippen LogP contribution in [-0.2, 0) is 14.3 Å². The third-order valence-corrected chi connectivity index (χ3v) is 6.08. The number of nitrogens with one attached hydrogen (secondary N) is 1. The minimum Gasteiger partial charge on any atom is -0.493 e.